The van der Waals surface area contributed by atoms with E-state index in [-0.39, 0.29) is 11.5 Å². The van der Waals surface area contributed by atoms with Crippen LogP contribution in [0.4, 0.5) is 0 Å². The molecule has 0 saturated carbocycles. The van der Waals surface area contributed by atoms with Gasteiger partial charge in [0.1, 0.15) is 0 Å². The molecule has 0 aliphatic carbocycles. The number of aryl methyl sites for hydroxylation is 1. The number of hydrogen-bond acceptors (Lipinski definition) is 4. The summed E-state index contributed by atoms with van der Waals surface area (Å²) in [6, 6.07) is 0. The third-order valence-electron chi connectivity index (χ3n) is 2.01. The van der Waals surface area contributed by atoms with Crippen LogP contribution in [0, 0.1) is 0 Å². The highest BCUT2D eigenvalue weighted by Crippen LogP contribution is 2.16. The first-order valence-electron chi connectivity index (χ1n) is 4.62. The molecule has 5 heteroatoms. The summed E-state index contributed by atoms with van der Waals surface area (Å²) in [5.41, 5.74) is 0. The quantitative estimate of drug-likeness (QED) is 0.712. The van der Waals surface area contributed by atoms with Crippen LogP contribution in [0.1, 0.15) is 37.4 Å². The second-order valence-corrected chi connectivity index (χ2v) is 3.90. The van der Waals surface area contributed by atoms with Gasteiger partial charge >= 0.3 is 0 Å². The highest BCUT2D eigenvalue weighted by Gasteiger charge is 2.11. The molecule has 0 aromatic carbocycles. The molecule has 1 aromatic heterocycles. The number of alkyl halides is 1. The minimum Gasteiger partial charge on any atom is -0.382 e. The molecule has 0 amide bonds. The van der Waals surface area contributed by atoms with Gasteiger partial charge in [0.15, 0.2) is 5.82 Å². The Hall–Kier alpha value is -0.610. The van der Waals surface area contributed by atoms with E-state index >= 15 is 0 Å². The van der Waals surface area contributed by atoms with Crippen molar-refractivity contribution in [3.8, 4) is 0 Å². The van der Waals surface area contributed by atoms with Crippen LogP contribution in [-0.4, -0.2) is 23.4 Å². The van der Waals surface area contributed by atoms with E-state index in [0.29, 0.717) is 11.7 Å². The van der Waals surface area contributed by atoms with Crippen molar-refractivity contribution in [3.05, 3.63) is 11.7 Å². The lowest BCUT2D eigenvalue weighted by atomic mass is 10.2. The first-order valence-corrected chi connectivity index (χ1v) is 5.06. The molecule has 0 aliphatic rings. The van der Waals surface area contributed by atoms with Crippen LogP contribution in [-0.2, 0) is 11.2 Å². The van der Waals surface area contributed by atoms with Crippen LogP contribution in [0.15, 0.2) is 4.52 Å². The molecule has 0 saturated heterocycles. The van der Waals surface area contributed by atoms with Gasteiger partial charge in [-0.3, -0.25) is 0 Å². The van der Waals surface area contributed by atoms with Crippen molar-refractivity contribution in [1.82, 2.24) is 10.1 Å². The van der Waals surface area contributed by atoms with Crippen LogP contribution in [0.3, 0.4) is 0 Å². The van der Waals surface area contributed by atoms with Gasteiger partial charge in [0.25, 0.3) is 0 Å². The minimum absolute atomic E-state index is 0.202. The van der Waals surface area contributed by atoms with Crippen LogP contribution < -0.4 is 0 Å². The number of rotatable bonds is 5. The van der Waals surface area contributed by atoms with E-state index < -0.39 is 0 Å². The van der Waals surface area contributed by atoms with Gasteiger partial charge in [-0.15, -0.1) is 11.6 Å². The number of methoxy groups -OCH3 is 1. The molecule has 0 fully saturated rings. The Morgan fingerprint density at radius 1 is 1.50 bits per heavy atom. The molecule has 2 unspecified atom stereocenters. The maximum atomic E-state index is 5.80. The van der Waals surface area contributed by atoms with Crippen molar-refractivity contribution in [1.29, 1.82) is 0 Å². The summed E-state index contributed by atoms with van der Waals surface area (Å²) < 4.78 is 10.1. The van der Waals surface area contributed by atoms with Crippen molar-refractivity contribution >= 4 is 11.6 Å². The molecule has 1 aromatic rings. The lowest BCUT2D eigenvalue weighted by Gasteiger charge is -2.05. The largest absolute Gasteiger partial charge is 0.382 e. The zero-order valence-electron chi connectivity index (χ0n) is 8.66. The zero-order chi connectivity index (χ0) is 10.6. The fraction of sp³-hybridized carbons (Fsp3) is 0.778. The molecule has 0 N–H and O–H groups in total. The van der Waals surface area contributed by atoms with Gasteiger partial charge in [-0.25, -0.2) is 0 Å². The highest BCUT2D eigenvalue weighted by atomic mass is 35.5. The second-order valence-electron chi connectivity index (χ2n) is 3.25. The maximum Gasteiger partial charge on any atom is 0.226 e. The molecule has 80 valence electrons. The third-order valence-corrected chi connectivity index (χ3v) is 2.20. The van der Waals surface area contributed by atoms with Crippen LogP contribution in [0.5, 0.6) is 0 Å². The van der Waals surface area contributed by atoms with Gasteiger partial charge in [0.2, 0.25) is 5.89 Å². The Labute approximate surface area is 88.6 Å². The number of hydrogen-bond donors (Lipinski definition) is 0. The average Bonchev–Trinajstić information content (AvgIpc) is 2.62. The van der Waals surface area contributed by atoms with E-state index in [0.717, 1.165) is 12.8 Å². The van der Waals surface area contributed by atoms with Gasteiger partial charge < -0.3 is 9.26 Å². The maximum absolute atomic E-state index is 5.80. The van der Waals surface area contributed by atoms with Crippen molar-refractivity contribution in [3.63, 3.8) is 0 Å². The molecule has 0 spiro atoms. The Balaban J connectivity index is 2.44. The molecular formula is C9H15ClN2O2. The van der Waals surface area contributed by atoms with Gasteiger partial charge in [-0.1, -0.05) is 5.16 Å². The first kappa shape index (κ1) is 11.5. The van der Waals surface area contributed by atoms with Gasteiger partial charge in [0, 0.05) is 13.5 Å². The van der Waals surface area contributed by atoms with E-state index in [1.165, 1.54) is 0 Å². The van der Waals surface area contributed by atoms with Crippen LogP contribution >= 0.6 is 11.6 Å². The summed E-state index contributed by atoms with van der Waals surface area (Å²) in [5, 5.41) is 3.56. The van der Waals surface area contributed by atoms with Crippen molar-refractivity contribution < 1.29 is 9.26 Å². The average molecular weight is 219 g/mol. The monoisotopic (exact) mass is 218 g/mol. The van der Waals surface area contributed by atoms with Gasteiger partial charge in [-0.05, 0) is 20.3 Å². The number of halogens is 1. The molecular weight excluding hydrogens is 204 g/mol. The molecule has 2 atom stereocenters. The molecule has 1 heterocycles. The normalized spacial score (nSPS) is 15.4. The number of ether oxygens (including phenoxy) is 1. The summed E-state index contributed by atoms with van der Waals surface area (Å²) in [7, 11) is 1.69. The molecule has 0 radical (unpaired) electrons. The summed E-state index contributed by atoms with van der Waals surface area (Å²) in [6.45, 7) is 3.81. The fourth-order valence-electron chi connectivity index (χ4n) is 0.976. The van der Waals surface area contributed by atoms with Crippen molar-refractivity contribution in [2.24, 2.45) is 0 Å². The summed E-state index contributed by atoms with van der Waals surface area (Å²) in [5.74, 6) is 1.17. The van der Waals surface area contributed by atoms with Crippen LogP contribution in [0.25, 0.3) is 0 Å². The molecule has 0 bridgehead atoms. The summed E-state index contributed by atoms with van der Waals surface area (Å²) >= 11 is 5.80. The Bertz CT molecular complexity index is 276. The minimum atomic E-state index is -0.202. The van der Waals surface area contributed by atoms with E-state index in [2.05, 4.69) is 10.1 Å². The number of aromatic nitrogens is 2. The fourth-order valence-corrected chi connectivity index (χ4v) is 1.06. The van der Waals surface area contributed by atoms with Crippen LogP contribution in [0.2, 0.25) is 0 Å². The predicted molar refractivity (Wildman–Crippen MR) is 53.4 cm³/mol. The Kier molecular flexibility index (Phi) is 4.35. The zero-order valence-corrected chi connectivity index (χ0v) is 9.41. The van der Waals surface area contributed by atoms with Gasteiger partial charge in [-0.2, -0.15) is 4.98 Å². The SMILES string of the molecule is COC(C)CCc1nc(C(C)Cl)no1. The van der Waals surface area contributed by atoms with E-state index in [4.69, 9.17) is 20.9 Å². The second kappa shape index (κ2) is 5.32. The van der Waals surface area contributed by atoms with Crippen molar-refractivity contribution in [2.45, 2.75) is 38.2 Å². The molecule has 1 rings (SSSR count). The summed E-state index contributed by atoms with van der Waals surface area (Å²) in [4.78, 5) is 4.15. The van der Waals surface area contributed by atoms with E-state index in [1.54, 1.807) is 7.11 Å². The van der Waals surface area contributed by atoms with Gasteiger partial charge in [0.05, 0.1) is 11.5 Å². The predicted octanol–water partition coefficient (Wildman–Crippen LogP) is 2.34. The Morgan fingerprint density at radius 3 is 2.71 bits per heavy atom. The third kappa shape index (κ3) is 3.27. The highest BCUT2D eigenvalue weighted by molar-refractivity contribution is 6.20. The standard InChI is InChI=1S/C9H15ClN2O2/c1-6(13-3)4-5-8-11-9(7(2)10)12-14-8/h6-7H,4-5H2,1-3H3. The molecule has 14 heavy (non-hydrogen) atoms. The van der Waals surface area contributed by atoms with E-state index in [1.807, 2.05) is 13.8 Å². The lowest BCUT2D eigenvalue weighted by Crippen LogP contribution is -2.06. The van der Waals surface area contributed by atoms with E-state index in [9.17, 15) is 0 Å². The lowest BCUT2D eigenvalue weighted by molar-refractivity contribution is 0.109. The number of nitrogens with zero attached hydrogens (tertiary/aromatic N) is 2. The van der Waals surface area contributed by atoms with Crippen molar-refractivity contribution in [2.75, 3.05) is 7.11 Å². The molecule has 0 aliphatic heterocycles. The topological polar surface area (TPSA) is 48.2 Å². The molecule has 4 nitrogen and oxygen atoms in total. The first-order chi connectivity index (χ1) is 6.63. The smallest absolute Gasteiger partial charge is 0.226 e. The summed E-state index contributed by atoms with van der Waals surface area (Å²) in [6.07, 6.45) is 1.80. The Morgan fingerprint density at radius 2 is 2.21 bits per heavy atom.